The quantitative estimate of drug-likeness (QED) is 0.817. The van der Waals surface area contributed by atoms with E-state index in [1.54, 1.807) is 19.3 Å². The molecule has 0 N–H and O–H groups in total. The van der Waals surface area contributed by atoms with E-state index in [0.29, 0.717) is 19.0 Å². The molecule has 6 heteroatoms. The third kappa shape index (κ3) is 3.81. The number of amides is 1. The molecule has 1 saturated heterocycles. The van der Waals surface area contributed by atoms with Gasteiger partial charge < -0.3 is 9.80 Å². The van der Waals surface area contributed by atoms with Crippen LogP contribution in [-0.2, 0) is 11.8 Å². The van der Waals surface area contributed by atoms with Gasteiger partial charge in [0, 0.05) is 39.3 Å². The number of carbonyl (C=O) groups is 1. The molecule has 1 aromatic carbocycles. The average molecular weight is 380 g/mol. The normalized spacial score (nSPS) is 19.0. The molecule has 1 unspecified atom stereocenters. The third-order valence-electron chi connectivity index (χ3n) is 6.21. The highest BCUT2D eigenvalue weighted by molar-refractivity contribution is 5.84. The minimum atomic E-state index is -0.110. The van der Waals surface area contributed by atoms with Crippen molar-refractivity contribution in [3.63, 3.8) is 0 Å². The molecule has 0 radical (unpaired) electrons. The highest BCUT2D eigenvalue weighted by Crippen LogP contribution is 2.38. The number of anilines is 1. The van der Waals surface area contributed by atoms with Crippen LogP contribution >= 0.6 is 0 Å². The highest BCUT2D eigenvalue weighted by Gasteiger charge is 2.35. The summed E-state index contributed by atoms with van der Waals surface area (Å²) in [6, 6.07) is 11.9. The van der Waals surface area contributed by atoms with Crippen molar-refractivity contribution in [3.05, 3.63) is 58.5 Å². The lowest BCUT2D eigenvalue weighted by Crippen LogP contribution is -2.51. The molecule has 2 aliphatic rings. The van der Waals surface area contributed by atoms with Gasteiger partial charge >= 0.3 is 0 Å². The maximum atomic E-state index is 13.5. The van der Waals surface area contributed by atoms with E-state index in [0.717, 1.165) is 37.2 Å². The van der Waals surface area contributed by atoms with Gasteiger partial charge in [-0.1, -0.05) is 43.2 Å². The Bertz CT molecular complexity index is 866. The molecular weight excluding hydrogens is 352 g/mol. The van der Waals surface area contributed by atoms with Crippen molar-refractivity contribution in [2.45, 2.75) is 31.6 Å². The van der Waals surface area contributed by atoms with E-state index in [1.807, 2.05) is 23.1 Å². The summed E-state index contributed by atoms with van der Waals surface area (Å²) in [5.74, 6) is 0.690. The Balaban J connectivity index is 1.47. The Kier molecular flexibility index (Phi) is 5.46. The van der Waals surface area contributed by atoms with Crippen LogP contribution in [-0.4, -0.2) is 46.8 Å². The van der Waals surface area contributed by atoms with E-state index < -0.39 is 0 Å². The Morgan fingerprint density at radius 1 is 1.07 bits per heavy atom. The van der Waals surface area contributed by atoms with Gasteiger partial charge in [-0.3, -0.25) is 9.59 Å². The smallest absolute Gasteiger partial charge is 0.268 e. The fourth-order valence-electron chi connectivity index (χ4n) is 4.58. The molecule has 28 heavy (non-hydrogen) atoms. The van der Waals surface area contributed by atoms with Crippen molar-refractivity contribution in [2.24, 2.45) is 13.0 Å². The summed E-state index contributed by atoms with van der Waals surface area (Å²) in [5.41, 5.74) is 1.88. The first-order chi connectivity index (χ1) is 13.6. The summed E-state index contributed by atoms with van der Waals surface area (Å²) in [6.07, 6.45) is 6.47. The summed E-state index contributed by atoms with van der Waals surface area (Å²) >= 11 is 0. The number of aromatic nitrogens is 2. The molecular formula is C22H28N4O2. The summed E-state index contributed by atoms with van der Waals surface area (Å²) in [7, 11) is 1.65. The van der Waals surface area contributed by atoms with Crippen molar-refractivity contribution in [3.8, 4) is 0 Å². The number of nitrogens with zero attached hydrogens (tertiary/aromatic N) is 4. The van der Waals surface area contributed by atoms with Crippen LogP contribution in [0.5, 0.6) is 0 Å². The first-order valence-electron chi connectivity index (χ1n) is 10.3. The molecule has 0 bridgehead atoms. The zero-order valence-corrected chi connectivity index (χ0v) is 16.5. The van der Waals surface area contributed by atoms with Crippen LogP contribution in [0.1, 0.15) is 37.2 Å². The topological polar surface area (TPSA) is 58.4 Å². The molecule has 148 valence electrons. The van der Waals surface area contributed by atoms with Crippen LogP contribution < -0.4 is 10.5 Å². The van der Waals surface area contributed by atoms with E-state index in [2.05, 4.69) is 22.1 Å². The fraction of sp³-hybridized carbons (Fsp3) is 0.500. The first kappa shape index (κ1) is 18.7. The maximum absolute atomic E-state index is 13.5. The Morgan fingerprint density at radius 2 is 1.75 bits per heavy atom. The van der Waals surface area contributed by atoms with Gasteiger partial charge in [-0.25, -0.2) is 4.68 Å². The zero-order valence-electron chi connectivity index (χ0n) is 16.5. The standard InChI is InChI=1S/C22H28N4O2/c1-24-20(27)15-19(16-23-24)25-11-13-26(14-12-25)22(28)21(18-9-5-6-10-18)17-7-3-2-4-8-17/h2-4,7-8,15-16,18,21H,5-6,9-14H2,1H3. The van der Waals surface area contributed by atoms with Gasteiger partial charge in [-0.05, 0) is 24.3 Å². The van der Waals surface area contributed by atoms with Crippen molar-refractivity contribution in [2.75, 3.05) is 31.1 Å². The van der Waals surface area contributed by atoms with Gasteiger partial charge in [0.25, 0.3) is 5.56 Å². The van der Waals surface area contributed by atoms with E-state index in [4.69, 9.17) is 0 Å². The van der Waals surface area contributed by atoms with Crippen molar-refractivity contribution in [1.29, 1.82) is 0 Å². The predicted octanol–water partition coefficient (Wildman–Crippen LogP) is 2.40. The molecule has 2 heterocycles. The van der Waals surface area contributed by atoms with Gasteiger partial charge in [0.05, 0.1) is 17.8 Å². The van der Waals surface area contributed by atoms with Crippen LogP contribution in [0.25, 0.3) is 0 Å². The van der Waals surface area contributed by atoms with E-state index in [9.17, 15) is 9.59 Å². The molecule has 2 aromatic rings. The molecule has 4 rings (SSSR count). The molecule has 1 amide bonds. The lowest BCUT2D eigenvalue weighted by atomic mass is 9.83. The molecule has 1 saturated carbocycles. The first-order valence-corrected chi connectivity index (χ1v) is 10.3. The number of hydrogen-bond donors (Lipinski definition) is 0. The second kappa shape index (κ2) is 8.17. The summed E-state index contributed by atoms with van der Waals surface area (Å²) in [6.45, 7) is 2.83. The number of carbonyl (C=O) groups excluding carboxylic acids is 1. The number of hydrogen-bond acceptors (Lipinski definition) is 4. The van der Waals surface area contributed by atoms with Crippen molar-refractivity contribution in [1.82, 2.24) is 14.7 Å². The Morgan fingerprint density at radius 3 is 2.39 bits per heavy atom. The summed E-state index contributed by atoms with van der Waals surface area (Å²) in [4.78, 5) is 29.5. The van der Waals surface area contributed by atoms with Crippen LogP contribution in [0.4, 0.5) is 5.69 Å². The minimum absolute atomic E-state index is 0.0269. The third-order valence-corrected chi connectivity index (χ3v) is 6.21. The second-order valence-corrected chi connectivity index (χ2v) is 7.92. The molecule has 2 fully saturated rings. The average Bonchev–Trinajstić information content (AvgIpc) is 3.25. The van der Waals surface area contributed by atoms with Crippen LogP contribution in [0.15, 0.2) is 47.4 Å². The number of piperazine rings is 1. The maximum Gasteiger partial charge on any atom is 0.268 e. The van der Waals surface area contributed by atoms with Crippen LogP contribution in [0, 0.1) is 5.92 Å². The molecule has 6 nitrogen and oxygen atoms in total. The Labute approximate surface area is 165 Å². The van der Waals surface area contributed by atoms with E-state index in [-0.39, 0.29) is 17.4 Å². The molecule has 1 aromatic heterocycles. The lowest BCUT2D eigenvalue weighted by molar-refractivity contribution is -0.134. The monoisotopic (exact) mass is 380 g/mol. The zero-order chi connectivity index (χ0) is 19.5. The van der Waals surface area contributed by atoms with Gasteiger partial charge in [-0.2, -0.15) is 5.10 Å². The SMILES string of the molecule is Cn1ncc(N2CCN(C(=O)C(c3ccccc3)C3CCCC3)CC2)cc1=O. The lowest BCUT2D eigenvalue weighted by Gasteiger charge is -2.38. The Hall–Kier alpha value is -2.63. The summed E-state index contributed by atoms with van der Waals surface area (Å²) in [5, 5.41) is 4.11. The minimum Gasteiger partial charge on any atom is -0.367 e. The van der Waals surface area contributed by atoms with Crippen LogP contribution in [0.3, 0.4) is 0 Å². The summed E-state index contributed by atoms with van der Waals surface area (Å²) < 4.78 is 1.33. The molecule has 1 aliphatic heterocycles. The van der Waals surface area contributed by atoms with Crippen molar-refractivity contribution < 1.29 is 4.79 Å². The van der Waals surface area contributed by atoms with E-state index in [1.165, 1.54) is 17.5 Å². The fourth-order valence-corrected chi connectivity index (χ4v) is 4.58. The van der Waals surface area contributed by atoms with Gasteiger partial charge in [-0.15, -0.1) is 0 Å². The highest BCUT2D eigenvalue weighted by atomic mass is 16.2. The second-order valence-electron chi connectivity index (χ2n) is 7.92. The number of benzene rings is 1. The largest absolute Gasteiger partial charge is 0.367 e. The van der Waals surface area contributed by atoms with Gasteiger partial charge in [0.15, 0.2) is 0 Å². The number of rotatable bonds is 4. The molecule has 0 spiro atoms. The van der Waals surface area contributed by atoms with Crippen LogP contribution in [0.2, 0.25) is 0 Å². The van der Waals surface area contributed by atoms with Crippen molar-refractivity contribution >= 4 is 11.6 Å². The van der Waals surface area contributed by atoms with Gasteiger partial charge in [0.2, 0.25) is 5.91 Å². The van der Waals surface area contributed by atoms with E-state index >= 15 is 0 Å². The number of aryl methyl sites for hydroxylation is 1. The molecule has 1 aliphatic carbocycles. The van der Waals surface area contributed by atoms with Gasteiger partial charge in [0.1, 0.15) is 0 Å². The molecule has 1 atom stereocenters. The predicted molar refractivity (Wildman–Crippen MR) is 109 cm³/mol.